The molecule has 1 saturated heterocycles. The average molecular weight is 449 g/mol. The second-order valence-electron chi connectivity index (χ2n) is 7.64. The van der Waals surface area contributed by atoms with Crippen LogP contribution in [-0.2, 0) is 16.0 Å². The van der Waals surface area contributed by atoms with Crippen molar-refractivity contribution in [3.05, 3.63) is 54.1 Å². The standard InChI is InChI=1S/C22H22F3N3O4/c23-22(24,25)32-17-7-5-16(6-8-17)26-20(29)14-27-9-11-28(12-10-27)21(30)19-13-15-3-1-2-4-18(15)31-19/h1-8,19H,9-14H2,(H,26,29). The van der Waals surface area contributed by atoms with Crippen molar-refractivity contribution in [2.45, 2.75) is 18.9 Å². The monoisotopic (exact) mass is 449 g/mol. The van der Waals surface area contributed by atoms with E-state index < -0.39 is 12.5 Å². The Morgan fingerprint density at radius 3 is 2.38 bits per heavy atom. The van der Waals surface area contributed by atoms with E-state index in [1.807, 2.05) is 29.2 Å². The maximum absolute atomic E-state index is 12.8. The van der Waals surface area contributed by atoms with Crippen LogP contribution in [-0.4, -0.2) is 66.8 Å². The van der Waals surface area contributed by atoms with E-state index in [9.17, 15) is 22.8 Å². The van der Waals surface area contributed by atoms with Crippen LogP contribution < -0.4 is 14.8 Å². The van der Waals surface area contributed by atoms with Crippen LogP contribution in [0.3, 0.4) is 0 Å². The van der Waals surface area contributed by atoms with Gasteiger partial charge >= 0.3 is 6.36 Å². The molecule has 2 aromatic carbocycles. The van der Waals surface area contributed by atoms with Gasteiger partial charge in [-0.25, -0.2) is 0 Å². The molecular weight excluding hydrogens is 427 g/mol. The van der Waals surface area contributed by atoms with Crippen molar-refractivity contribution in [2.24, 2.45) is 0 Å². The Morgan fingerprint density at radius 1 is 1.03 bits per heavy atom. The van der Waals surface area contributed by atoms with Gasteiger partial charge in [-0.3, -0.25) is 14.5 Å². The maximum atomic E-state index is 12.8. The number of carbonyl (C=O) groups excluding carboxylic acids is 2. The molecule has 2 aromatic rings. The minimum Gasteiger partial charge on any atom is -0.480 e. The number of benzene rings is 2. The van der Waals surface area contributed by atoms with Crippen LogP contribution in [0.1, 0.15) is 5.56 Å². The minimum absolute atomic E-state index is 0.0496. The van der Waals surface area contributed by atoms with Crippen molar-refractivity contribution in [2.75, 3.05) is 38.0 Å². The molecule has 2 aliphatic heterocycles. The van der Waals surface area contributed by atoms with Gasteiger partial charge < -0.3 is 19.7 Å². The molecule has 0 saturated carbocycles. The van der Waals surface area contributed by atoms with Crippen LogP contribution in [0, 0.1) is 0 Å². The number of para-hydroxylation sites is 1. The quantitative estimate of drug-likeness (QED) is 0.760. The Labute approximate surface area is 182 Å². The zero-order chi connectivity index (χ0) is 22.7. The normalized spacial score (nSPS) is 18.6. The first-order chi connectivity index (χ1) is 15.3. The van der Waals surface area contributed by atoms with Crippen LogP contribution in [0.2, 0.25) is 0 Å². The van der Waals surface area contributed by atoms with E-state index >= 15 is 0 Å². The third kappa shape index (κ3) is 5.50. The second kappa shape index (κ2) is 9.07. The molecule has 10 heteroatoms. The summed E-state index contributed by atoms with van der Waals surface area (Å²) in [6.07, 6.45) is -4.71. The molecule has 7 nitrogen and oxygen atoms in total. The lowest BCUT2D eigenvalue weighted by Crippen LogP contribution is -2.53. The van der Waals surface area contributed by atoms with Gasteiger partial charge in [-0.15, -0.1) is 13.2 Å². The van der Waals surface area contributed by atoms with Crippen molar-refractivity contribution in [3.63, 3.8) is 0 Å². The summed E-state index contributed by atoms with van der Waals surface area (Å²) in [5, 5.41) is 2.65. The summed E-state index contributed by atoms with van der Waals surface area (Å²) in [6, 6.07) is 12.6. The molecule has 2 amide bonds. The number of carbonyl (C=O) groups is 2. The zero-order valence-corrected chi connectivity index (χ0v) is 17.1. The van der Waals surface area contributed by atoms with Gasteiger partial charge in [0.1, 0.15) is 11.5 Å². The number of amides is 2. The fraction of sp³-hybridized carbons (Fsp3) is 0.364. The molecule has 1 atom stereocenters. The minimum atomic E-state index is -4.76. The summed E-state index contributed by atoms with van der Waals surface area (Å²) in [5.74, 6) is 0.0556. The average Bonchev–Trinajstić information content (AvgIpc) is 3.18. The number of anilines is 1. The Morgan fingerprint density at radius 2 is 1.72 bits per heavy atom. The summed E-state index contributed by atoms with van der Waals surface area (Å²) in [7, 11) is 0. The molecule has 2 aliphatic rings. The highest BCUT2D eigenvalue weighted by Gasteiger charge is 2.34. The number of nitrogens with zero attached hydrogens (tertiary/aromatic N) is 2. The first-order valence-electron chi connectivity index (χ1n) is 10.2. The number of hydrogen-bond acceptors (Lipinski definition) is 5. The SMILES string of the molecule is O=C(CN1CCN(C(=O)C2Cc3ccccc3O2)CC1)Nc1ccc(OC(F)(F)F)cc1. The molecule has 0 aromatic heterocycles. The topological polar surface area (TPSA) is 71.1 Å². The fourth-order valence-corrected chi connectivity index (χ4v) is 3.79. The Bertz CT molecular complexity index is 948. The molecular formula is C22H22F3N3O4. The van der Waals surface area contributed by atoms with Crippen LogP contribution in [0.4, 0.5) is 18.9 Å². The van der Waals surface area contributed by atoms with E-state index in [-0.39, 0.29) is 24.1 Å². The number of fused-ring (bicyclic) bond motifs is 1. The van der Waals surface area contributed by atoms with Crippen molar-refractivity contribution >= 4 is 17.5 Å². The van der Waals surface area contributed by atoms with E-state index in [1.165, 1.54) is 12.1 Å². The fourth-order valence-electron chi connectivity index (χ4n) is 3.79. The van der Waals surface area contributed by atoms with Gasteiger partial charge in [-0.1, -0.05) is 18.2 Å². The highest BCUT2D eigenvalue weighted by Crippen LogP contribution is 2.29. The van der Waals surface area contributed by atoms with E-state index in [4.69, 9.17) is 4.74 Å². The summed E-state index contributed by atoms with van der Waals surface area (Å²) >= 11 is 0. The summed E-state index contributed by atoms with van der Waals surface area (Å²) in [6.45, 7) is 2.18. The summed E-state index contributed by atoms with van der Waals surface area (Å²) in [5.41, 5.74) is 1.40. The third-order valence-corrected chi connectivity index (χ3v) is 5.35. The third-order valence-electron chi connectivity index (χ3n) is 5.35. The first kappa shape index (κ1) is 21.9. The number of nitrogens with one attached hydrogen (secondary N) is 1. The van der Waals surface area contributed by atoms with E-state index in [1.54, 1.807) is 4.90 Å². The second-order valence-corrected chi connectivity index (χ2v) is 7.64. The van der Waals surface area contributed by atoms with Crippen molar-refractivity contribution in [1.29, 1.82) is 0 Å². The first-order valence-corrected chi connectivity index (χ1v) is 10.2. The molecule has 0 radical (unpaired) electrons. The molecule has 2 heterocycles. The van der Waals surface area contributed by atoms with Gasteiger partial charge in [0.2, 0.25) is 5.91 Å². The van der Waals surface area contributed by atoms with Gasteiger partial charge in [-0.2, -0.15) is 0 Å². The van der Waals surface area contributed by atoms with E-state index in [2.05, 4.69) is 10.1 Å². The Balaban J connectivity index is 1.21. The number of alkyl halides is 3. The van der Waals surface area contributed by atoms with Crippen LogP contribution in [0.25, 0.3) is 0 Å². The van der Waals surface area contributed by atoms with Gasteiger partial charge in [0.25, 0.3) is 5.91 Å². The Hall–Kier alpha value is -3.27. The highest BCUT2D eigenvalue weighted by atomic mass is 19.4. The van der Waals surface area contributed by atoms with Gasteiger partial charge in [0, 0.05) is 38.3 Å². The lowest BCUT2D eigenvalue weighted by atomic mass is 10.1. The predicted octanol–water partition coefficient (Wildman–Crippen LogP) is 2.67. The van der Waals surface area contributed by atoms with Crippen molar-refractivity contribution < 1.29 is 32.2 Å². The maximum Gasteiger partial charge on any atom is 0.573 e. The zero-order valence-electron chi connectivity index (χ0n) is 17.1. The summed E-state index contributed by atoms with van der Waals surface area (Å²) < 4.78 is 46.2. The van der Waals surface area contributed by atoms with E-state index in [0.717, 1.165) is 23.4 Å². The molecule has 1 unspecified atom stereocenters. The Kier molecular flexibility index (Phi) is 6.22. The van der Waals surface area contributed by atoms with Gasteiger partial charge in [-0.05, 0) is 35.9 Å². The highest BCUT2D eigenvalue weighted by molar-refractivity contribution is 5.92. The molecule has 32 heavy (non-hydrogen) atoms. The molecule has 1 fully saturated rings. The molecule has 1 N–H and O–H groups in total. The van der Waals surface area contributed by atoms with Crippen molar-refractivity contribution in [1.82, 2.24) is 9.80 Å². The number of hydrogen-bond donors (Lipinski definition) is 1. The number of rotatable bonds is 5. The van der Waals surface area contributed by atoms with Crippen molar-refractivity contribution in [3.8, 4) is 11.5 Å². The molecule has 4 rings (SSSR count). The van der Waals surface area contributed by atoms with Crippen LogP contribution in [0.15, 0.2) is 48.5 Å². The van der Waals surface area contributed by atoms with Crippen LogP contribution >= 0.6 is 0 Å². The lowest BCUT2D eigenvalue weighted by molar-refractivity contribution is -0.274. The molecule has 170 valence electrons. The lowest BCUT2D eigenvalue weighted by Gasteiger charge is -2.35. The molecule has 0 aliphatic carbocycles. The molecule has 0 bridgehead atoms. The predicted molar refractivity (Wildman–Crippen MR) is 109 cm³/mol. The van der Waals surface area contributed by atoms with Crippen LogP contribution in [0.5, 0.6) is 11.5 Å². The number of piperazine rings is 1. The molecule has 0 spiro atoms. The smallest absolute Gasteiger partial charge is 0.480 e. The van der Waals surface area contributed by atoms with Gasteiger partial charge in [0.15, 0.2) is 6.10 Å². The number of ether oxygens (including phenoxy) is 2. The van der Waals surface area contributed by atoms with E-state index in [0.29, 0.717) is 38.3 Å². The number of halogens is 3. The summed E-state index contributed by atoms with van der Waals surface area (Å²) in [4.78, 5) is 28.7. The van der Waals surface area contributed by atoms with Gasteiger partial charge in [0.05, 0.1) is 6.54 Å². The largest absolute Gasteiger partial charge is 0.573 e.